The second kappa shape index (κ2) is 5.48. The topological polar surface area (TPSA) is 24.5 Å². The first-order valence-electron chi connectivity index (χ1n) is 6.82. The predicted molar refractivity (Wildman–Crippen MR) is 66.6 cm³/mol. The number of fused-ring (bicyclic) bond motifs is 1. The van der Waals surface area contributed by atoms with Gasteiger partial charge < -0.3 is 10.1 Å². The summed E-state index contributed by atoms with van der Waals surface area (Å²) in [4.78, 5) is 2.69. The van der Waals surface area contributed by atoms with Crippen LogP contribution in [-0.4, -0.2) is 49.8 Å². The highest BCUT2D eigenvalue weighted by molar-refractivity contribution is 4.99. The van der Waals surface area contributed by atoms with Crippen molar-refractivity contribution in [3.05, 3.63) is 0 Å². The number of rotatable bonds is 5. The van der Waals surface area contributed by atoms with E-state index in [0.29, 0.717) is 6.04 Å². The number of likely N-dealkylation sites (tertiary alicyclic amines) is 1. The van der Waals surface area contributed by atoms with Crippen molar-refractivity contribution in [3.8, 4) is 0 Å². The molecule has 0 spiro atoms. The van der Waals surface area contributed by atoms with Crippen LogP contribution in [0, 0.1) is 11.8 Å². The number of nitrogens with zero attached hydrogens (tertiary/aromatic N) is 1. The molecule has 94 valence electrons. The van der Waals surface area contributed by atoms with Crippen molar-refractivity contribution < 1.29 is 4.74 Å². The van der Waals surface area contributed by atoms with Gasteiger partial charge in [0.2, 0.25) is 0 Å². The van der Waals surface area contributed by atoms with E-state index in [1.807, 2.05) is 0 Å². The summed E-state index contributed by atoms with van der Waals surface area (Å²) in [7, 11) is 0. The lowest BCUT2D eigenvalue weighted by atomic mass is 9.93. The molecular weight excluding hydrogens is 200 g/mol. The predicted octanol–water partition coefficient (Wildman–Crippen LogP) is 1.34. The second-order valence-corrected chi connectivity index (χ2v) is 5.26. The molecule has 0 amide bonds. The highest BCUT2D eigenvalue weighted by Crippen LogP contribution is 2.35. The van der Waals surface area contributed by atoms with Crippen molar-refractivity contribution in [1.29, 1.82) is 0 Å². The van der Waals surface area contributed by atoms with Crippen LogP contribution < -0.4 is 5.32 Å². The first-order chi connectivity index (χ1) is 7.77. The lowest BCUT2D eigenvalue weighted by Crippen LogP contribution is -2.43. The molecule has 2 heterocycles. The Hall–Kier alpha value is -0.120. The Morgan fingerprint density at radius 2 is 2.19 bits per heavy atom. The minimum absolute atomic E-state index is 0.579. The summed E-state index contributed by atoms with van der Waals surface area (Å²) in [5.74, 6) is 1.77. The van der Waals surface area contributed by atoms with E-state index in [0.717, 1.165) is 31.1 Å². The molecule has 3 nitrogen and oxygen atoms in total. The summed E-state index contributed by atoms with van der Waals surface area (Å²) in [6.07, 6.45) is 1.28. The van der Waals surface area contributed by atoms with Crippen LogP contribution in [-0.2, 0) is 4.74 Å². The van der Waals surface area contributed by atoms with Crippen molar-refractivity contribution in [1.82, 2.24) is 10.2 Å². The van der Waals surface area contributed by atoms with Crippen molar-refractivity contribution in [2.75, 3.05) is 32.8 Å². The van der Waals surface area contributed by atoms with Gasteiger partial charge in [-0.3, -0.25) is 4.90 Å². The highest BCUT2D eigenvalue weighted by atomic mass is 16.5. The first kappa shape index (κ1) is 12.3. The molecule has 0 aromatic heterocycles. The van der Waals surface area contributed by atoms with Gasteiger partial charge in [-0.2, -0.15) is 0 Å². The average molecular weight is 226 g/mol. The molecule has 2 saturated heterocycles. The molecule has 3 heteroatoms. The summed E-state index contributed by atoms with van der Waals surface area (Å²) in [6.45, 7) is 12.2. The van der Waals surface area contributed by atoms with Crippen LogP contribution in [0.25, 0.3) is 0 Å². The third-order valence-corrected chi connectivity index (χ3v) is 4.31. The highest BCUT2D eigenvalue weighted by Gasteiger charge is 2.44. The van der Waals surface area contributed by atoms with Gasteiger partial charge in [0.15, 0.2) is 0 Å². The molecule has 0 saturated carbocycles. The Balaban J connectivity index is 1.94. The zero-order chi connectivity index (χ0) is 11.5. The fourth-order valence-corrected chi connectivity index (χ4v) is 3.48. The zero-order valence-corrected chi connectivity index (χ0v) is 10.9. The molecule has 0 bridgehead atoms. The molecule has 1 N–H and O–H groups in total. The van der Waals surface area contributed by atoms with Crippen molar-refractivity contribution in [2.24, 2.45) is 11.8 Å². The van der Waals surface area contributed by atoms with Gasteiger partial charge in [0, 0.05) is 25.2 Å². The molecule has 16 heavy (non-hydrogen) atoms. The second-order valence-electron chi connectivity index (χ2n) is 5.26. The third-order valence-electron chi connectivity index (χ3n) is 4.31. The summed E-state index contributed by atoms with van der Waals surface area (Å²) < 4.78 is 5.57. The van der Waals surface area contributed by atoms with Gasteiger partial charge in [-0.1, -0.05) is 6.92 Å². The summed E-state index contributed by atoms with van der Waals surface area (Å²) in [5.41, 5.74) is 0. The smallest absolute Gasteiger partial charge is 0.0619 e. The fourth-order valence-electron chi connectivity index (χ4n) is 3.48. The van der Waals surface area contributed by atoms with E-state index < -0.39 is 0 Å². The molecule has 0 aromatic carbocycles. The molecule has 4 unspecified atom stereocenters. The lowest BCUT2D eigenvalue weighted by Gasteiger charge is -2.32. The maximum atomic E-state index is 5.57. The number of hydrogen-bond donors (Lipinski definition) is 1. The van der Waals surface area contributed by atoms with Crippen LogP contribution in [0.3, 0.4) is 0 Å². The van der Waals surface area contributed by atoms with E-state index in [1.54, 1.807) is 0 Å². The van der Waals surface area contributed by atoms with Crippen LogP contribution >= 0.6 is 0 Å². The van der Waals surface area contributed by atoms with Crippen molar-refractivity contribution in [2.45, 2.75) is 39.3 Å². The lowest BCUT2D eigenvalue weighted by molar-refractivity contribution is 0.0602. The van der Waals surface area contributed by atoms with Crippen LogP contribution in [0.5, 0.6) is 0 Å². The number of ether oxygens (including phenoxy) is 1. The van der Waals surface area contributed by atoms with Crippen LogP contribution in [0.2, 0.25) is 0 Å². The SMILES string of the molecule is CCOCC(C)N1CC2CNCC2C1CC. The van der Waals surface area contributed by atoms with Crippen LogP contribution in [0.1, 0.15) is 27.2 Å². The quantitative estimate of drug-likeness (QED) is 0.765. The molecule has 0 aromatic rings. The summed E-state index contributed by atoms with van der Waals surface area (Å²) in [5, 5.41) is 3.53. The van der Waals surface area contributed by atoms with E-state index in [1.165, 1.54) is 26.1 Å². The van der Waals surface area contributed by atoms with Gasteiger partial charge in [-0.15, -0.1) is 0 Å². The Kier molecular flexibility index (Phi) is 4.22. The van der Waals surface area contributed by atoms with Gasteiger partial charge >= 0.3 is 0 Å². The largest absolute Gasteiger partial charge is 0.380 e. The standard InChI is InChI=1S/C13H26N2O/c1-4-13-12-7-14-6-11(12)8-15(13)10(3)9-16-5-2/h10-14H,4-9H2,1-3H3. The Bertz CT molecular complexity index is 222. The van der Waals surface area contributed by atoms with E-state index in [2.05, 4.69) is 31.0 Å². The van der Waals surface area contributed by atoms with Gasteiger partial charge in [-0.05, 0) is 45.2 Å². The van der Waals surface area contributed by atoms with Gasteiger partial charge in [0.05, 0.1) is 6.61 Å². The van der Waals surface area contributed by atoms with E-state index in [4.69, 9.17) is 4.74 Å². The Morgan fingerprint density at radius 3 is 2.88 bits per heavy atom. The summed E-state index contributed by atoms with van der Waals surface area (Å²) in [6, 6.07) is 1.35. The number of nitrogens with one attached hydrogen (secondary N) is 1. The van der Waals surface area contributed by atoms with E-state index in [-0.39, 0.29) is 0 Å². The number of hydrogen-bond acceptors (Lipinski definition) is 3. The maximum absolute atomic E-state index is 5.57. The van der Waals surface area contributed by atoms with E-state index in [9.17, 15) is 0 Å². The molecule has 2 aliphatic heterocycles. The molecule has 2 aliphatic rings. The van der Waals surface area contributed by atoms with Crippen LogP contribution in [0.4, 0.5) is 0 Å². The molecule has 2 fully saturated rings. The fraction of sp³-hybridized carbons (Fsp3) is 1.00. The van der Waals surface area contributed by atoms with E-state index >= 15 is 0 Å². The summed E-state index contributed by atoms with van der Waals surface area (Å²) >= 11 is 0. The zero-order valence-electron chi connectivity index (χ0n) is 10.9. The molecule has 0 radical (unpaired) electrons. The van der Waals surface area contributed by atoms with Gasteiger partial charge in [0.25, 0.3) is 0 Å². The molecule has 4 atom stereocenters. The Labute approximate surface area is 99.5 Å². The monoisotopic (exact) mass is 226 g/mol. The van der Waals surface area contributed by atoms with Crippen LogP contribution in [0.15, 0.2) is 0 Å². The Morgan fingerprint density at radius 1 is 1.38 bits per heavy atom. The average Bonchev–Trinajstić information content (AvgIpc) is 2.84. The first-order valence-corrected chi connectivity index (χ1v) is 6.82. The normalized spacial score (nSPS) is 36.6. The molecular formula is C13H26N2O. The van der Waals surface area contributed by atoms with Crippen molar-refractivity contribution >= 4 is 0 Å². The minimum atomic E-state index is 0.579. The maximum Gasteiger partial charge on any atom is 0.0619 e. The van der Waals surface area contributed by atoms with Crippen molar-refractivity contribution in [3.63, 3.8) is 0 Å². The third kappa shape index (κ3) is 2.27. The molecule has 0 aliphatic carbocycles. The molecule has 2 rings (SSSR count). The van der Waals surface area contributed by atoms with Gasteiger partial charge in [-0.25, -0.2) is 0 Å². The van der Waals surface area contributed by atoms with Gasteiger partial charge in [0.1, 0.15) is 0 Å². The minimum Gasteiger partial charge on any atom is -0.380 e.